The van der Waals surface area contributed by atoms with E-state index in [2.05, 4.69) is 9.47 Å². The second-order valence-corrected chi connectivity index (χ2v) is 9.63. The van der Waals surface area contributed by atoms with E-state index in [-0.39, 0.29) is 0 Å². The number of rotatable bonds is 6. The molecule has 0 aromatic heterocycles. The first-order chi connectivity index (χ1) is 16.4. The molecule has 6 nitrogen and oxygen atoms in total. The van der Waals surface area contributed by atoms with Gasteiger partial charge >= 0.3 is 73.9 Å². The number of carbonyl (C=O) groups excluding carboxylic acids is 1. The van der Waals surface area contributed by atoms with Crippen molar-refractivity contribution >= 4 is 16.1 Å². The highest BCUT2D eigenvalue weighted by molar-refractivity contribution is 7.87. The predicted molar refractivity (Wildman–Crippen MR) is 78.3 cm³/mol. The molecular formula is C14H6F17O6S+. The first-order valence-corrected chi connectivity index (χ1v) is 10.4. The van der Waals surface area contributed by atoms with Crippen molar-refractivity contribution in [3.05, 3.63) is 0 Å². The first-order valence-electron chi connectivity index (χ1n) is 8.89. The van der Waals surface area contributed by atoms with E-state index < -0.39 is 92.7 Å². The number of carbonyl (C=O) groups is 1. The zero-order valence-electron chi connectivity index (χ0n) is 16.8. The summed E-state index contributed by atoms with van der Waals surface area (Å²) in [7, 11) is -6.45. The van der Waals surface area contributed by atoms with Crippen LogP contribution in [0.3, 0.4) is 0 Å². The first kappa shape index (κ1) is 30.7. The molecule has 4 fully saturated rings. The number of hydrogen-bond acceptors (Lipinski definition) is 5. The zero-order valence-corrected chi connectivity index (χ0v) is 17.6. The lowest BCUT2D eigenvalue weighted by Crippen LogP contribution is -3.10. The zero-order chi connectivity index (χ0) is 30.4. The summed E-state index contributed by atoms with van der Waals surface area (Å²) in [6, 6.07) is 0. The van der Waals surface area contributed by atoms with Crippen molar-refractivity contribution in [3.8, 4) is 0 Å². The summed E-state index contributed by atoms with van der Waals surface area (Å²) in [5.74, 6) is -51.3. The lowest BCUT2D eigenvalue weighted by atomic mass is 9.40. The van der Waals surface area contributed by atoms with Gasteiger partial charge in [-0.15, -0.1) is 8.42 Å². The van der Waals surface area contributed by atoms with Crippen LogP contribution in [0.2, 0.25) is 0 Å². The number of alkyl halides is 17. The van der Waals surface area contributed by atoms with Gasteiger partial charge < -0.3 is 14.0 Å². The molecule has 0 amide bonds. The fraction of sp³-hybridized carbons (Fsp3) is 0.929. The third-order valence-corrected chi connectivity index (χ3v) is 7.27. The van der Waals surface area contributed by atoms with Crippen molar-refractivity contribution in [1.82, 2.24) is 0 Å². The Balaban J connectivity index is 2.23. The van der Waals surface area contributed by atoms with Gasteiger partial charge in [0.1, 0.15) is 6.61 Å². The number of esters is 1. The minimum absolute atomic E-state index is 2.48. The minimum Gasteiger partial charge on any atom is -0.458 e. The van der Waals surface area contributed by atoms with Crippen molar-refractivity contribution in [2.45, 2.75) is 63.4 Å². The highest BCUT2D eigenvalue weighted by atomic mass is 32.2. The van der Waals surface area contributed by atoms with Gasteiger partial charge in [0.2, 0.25) is 0 Å². The molecule has 0 heterocycles. The van der Waals surface area contributed by atoms with Crippen molar-refractivity contribution in [2.24, 2.45) is 0 Å². The largest absolute Gasteiger partial charge is 0.512 e. The standard InChI is InChI=1S/C14H5F17O6S/c15-4(16,38(33,34)35)3(32)36-1-2-37-8-12(26,27)5(17)9(20,21)6(18,13(8,28)29)11(24,25)7(19,10(5,22)23)14(8,30)31/h1-2H2,(H,33,34,35)/p+1. The Morgan fingerprint density at radius 3 is 1.16 bits per heavy atom. The molecule has 0 atom stereocenters. The third kappa shape index (κ3) is 2.25. The molecule has 0 saturated heterocycles. The summed E-state index contributed by atoms with van der Waals surface area (Å²) in [6.07, 6.45) is 0. The highest BCUT2D eigenvalue weighted by Crippen LogP contribution is 2.88. The quantitative estimate of drug-likeness (QED) is 0.196. The molecule has 4 aliphatic carbocycles. The molecule has 0 aliphatic heterocycles. The molecule has 2 N–H and O–H groups in total. The van der Waals surface area contributed by atoms with Gasteiger partial charge in [0, 0.05) is 0 Å². The lowest BCUT2D eigenvalue weighted by molar-refractivity contribution is -0.619. The number of halogens is 17. The van der Waals surface area contributed by atoms with Gasteiger partial charge in [0.05, 0.1) is 6.61 Å². The maximum absolute atomic E-state index is 14.8. The lowest BCUT2D eigenvalue weighted by Gasteiger charge is -2.74. The molecule has 24 heteroatoms. The van der Waals surface area contributed by atoms with E-state index in [1.165, 1.54) is 0 Å². The van der Waals surface area contributed by atoms with E-state index in [0.717, 1.165) is 0 Å². The summed E-state index contributed by atoms with van der Waals surface area (Å²) in [6.45, 7) is -5.33. The normalized spacial score (nSPS) is 41.1. The second-order valence-electron chi connectivity index (χ2n) is 8.11. The Kier molecular flexibility index (Phi) is 5.56. The fourth-order valence-corrected chi connectivity index (χ4v) is 4.88. The van der Waals surface area contributed by atoms with Gasteiger partial charge in [-0.05, 0) is 0 Å². The topological polar surface area (TPSA) is 92.6 Å². The van der Waals surface area contributed by atoms with Crippen LogP contribution in [0, 0.1) is 0 Å². The van der Waals surface area contributed by atoms with Crippen LogP contribution < -0.4 is 0 Å². The Bertz CT molecular complexity index is 1070. The van der Waals surface area contributed by atoms with Crippen molar-refractivity contribution in [3.63, 3.8) is 0 Å². The average Bonchev–Trinajstić information content (AvgIpc) is 2.72. The number of ether oxygens (including phenoxy) is 2. The molecule has 222 valence electrons. The van der Waals surface area contributed by atoms with Gasteiger partial charge in [0.15, 0.2) is 0 Å². The summed E-state index contributed by atoms with van der Waals surface area (Å²) >= 11 is 0. The van der Waals surface area contributed by atoms with Gasteiger partial charge in [0.25, 0.3) is 5.60 Å². The second kappa shape index (κ2) is 6.89. The molecule has 4 rings (SSSR count). The van der Waals surface area contributed by atoms with E-state index in [4.69, 9.17) is 4.55 Å². The van der Waals surface area contributed by atoms with Crippen LogP contribution in [0.25, 0.3) is 0 Å². The summed E-state index contributed by atoms with van der Waals surface area (Å²) < 4.78 is 277. The third-order valence-electron chi connectivity index (χ3n) is 6.43. The Hall–Kier alpha value is -1.85. The van der Waals surface area contributed by atoms with Crippen molar-refractivity contribution in [2.75, 3.05) is 13.2 Å². The maximum Gasteiger partial charge on any atom is 0.512 e. The van der Waals surface area contributed by atoms with E-state index in [0.29, 0.717) is 0 Å². The Morgan fingerprint density at radius 1 is 0.605 bits per heavy atom. The Labute approximate surface area is 195 Å². The molecule has 4 aliphatic rings. The van der Waals surface area contributed by atoms with E-state index >= 15 is 0 Å². The molecule has 38 heavy (non-hydrogen) atoms. The van der Waals surface area contributed by atoms with Gasteiger partial charge in [-0.3, -0.25) is 0 Å². The highest BCUT2D eigenvalue weighted by Gasteiger charge is 3.23. The minimum atomic E-state index is -8.06. The van der Waals surface area contributed by atoms with Crippen LogP contribution in [0.15, 0.2) is 0 Å². The monoisotopic (exact) mass is 625 g/mol. The van der Waals surface area contributed by atoms with Crippen LogP contribution in [0.5, 0.6) is 0 Å². The van der Waals surface area contributed by atoms with Gasteiger partial charge in [-0.1, -0.05) is 0 Å². The maximum atomic E-state index is 14.8. The SMILES string of the molecule is O=C(OCCOC12C(F)(F)C3(F)C(F)(F)C(F)(C(F)(F)C(F)(C3(F)F)C1(F)F)C2(F)F)C(F)(F)S(=O)(=O)[OH2+]. The summed E-state index contributed by atoms with van der Waals surface area (Å²) in [5.41, 5.74) is -31.2. The van der Waals surface area contributed by atoms with Gasteiger partial charge in [-0.25, -0.2) is 18.0 Å². The molecule has 0 unspecified atom stereocenters. The number of hydrogen-bond donors (Lipinski definition) is 0. The van der Waals surface area contributed by atoms with Crippen LogP contribution in [-0.4, -0.2) is 95.6 Å². The fourth-order valence-electron chi connectivity index (χ4n) is 4.60. The molecule has 4 bridgehead atoms. The van der Waals surface area contributed by atoms with Gasteiger partial charge in [-0.2, -0.15) is 61.5 Å². The smallest absolute Gasteiger partial charge is 0.458 e. The molecule has 0 aromatic rings. The summed E-state index contributed by atoms with van der Waals surface area (Å²) in [5, 5.41) is -5.85. The van der Waals surface area contributed by atoms with Crippen LogP contribution >= 0.6 is 0 Å². The predicted octanol–water partition coefficient (Wildman–Crippen LogP) is 2.91. The molecule has 0 aromatic carbocycles. The molecule has 0 spiro atoms. The molecular weight excluding hydrogens is 619 g/mol. The molecule has 4 saturated carbocycles. The van der Waals surface area contributed by atoms with Crippen molar-refractivity contribution < 1.29 is 102 Å². The average molecular weight is 625 g/mol. The van der Waals surface area contributed by atoms with Crippen LogP contribution in [0.4, 0.5) is 74.6 Å². The van der Waals surface area contributed by atoms with Crippen molar-refractivity contribution in [1.29, 1.82) is 0 Å². The van der Waals surface area contributed by atoms with Crippen LogP contribution in [-0.2, 0) is 24.4 Å². The van der Waals surface area contributed by atoms with Crippen LogP contribution in [0.1, 0.15) is 0 Å². The Morgan fingerprint density at radius 2 is 0.895 bits per heavy atom. The van der Waals surface area contributed by atoms with E-state index in [9.17, 15) is 87.8 Å². The molecule has 0 radical (unpaired) electrons. The van der Waals surface area contributed by atoms with E-state index in [1.54, 1.807) is 0 Å². The summed E-state index contributed by atoms with van der Waals surface area (Å²) in [4.78, 5) is 11.0. The van der Waals surface area contributed by atoms with E-state index in [1.807, 2.05) is 0 Å².